The zero-order valence-electron chi connectivity index (χ0n) is 10.9. The van der Waals surface area contributed by atoms with E-state index in [1.165, 1.54) is 0 Å². The molecule has 1 heterocycles. The van der Waals surface area contributed by atoms with Gasteiger partial charge in [-0.2, -0.15) is 0 Å². The molecular formula is C9H22O3S4Si. The van der Waals surface area contributed by atoms with E-state index in [9.17, 15) is 0 Å². The van der Waals surface area contributed by atoms with Gasteiger partial charge >= 0.3 is 0 Å². The molecule has 0 amide bonds. The maximum absolute atomic E-state index is 6.29. The van der Waals surface area contributed by atoms with Gasteiger partial charge in [0.15, 0.2) is 0 Å². The highest BCUT2D eigenvalue weighted by Gasteiger charge is 2.67. The van der Waals surface area contributed by atoms with Crippen LogP contribution in [0, 0.1) is 0 Å². The normalized spacial score (nSPS) is 28.9. The molecule has 3 nitrogen and oxygen atoms in total. The fraction of sp³-hybridized carbons (Fsp3) is 1.00. The van der Waals surface area contributed by atoms with Gasteiger partial charge in [0.05, 0.1) is 19.8 Å². The molecule has 1 rings (SSSR count). The van der Waals surface area contributed by atoms with E-state index in [0.29, 0.717) is 27.6 Å². The Labute approximate surface area is 117 Å². The Balaban J connectivity index is 3.24. The second-order valence-corrected chi connectivity index (χ2v) is 21.6. The lowest BCUT2D eigenvalue weighted by Gasteiger charge is -2.72. The monoisotopic (exact) mass is 334 g/mol. The van der Waals surface area contributed by atoms with Crippen LogP contribution in [0.1, 0.15) is 34.1 Å². The first-order valence-corrected chi connectivity index (χ1v) is 14.7. The van der Waals surface area contributed by atoms with E-state index in [1.54, 1.807) is 19.7 Å². The van der Waals surface area contributed by atoms with Gasteiger partial charge in [-0.15, -0.1) is 0 Å². The summed E-state index contributed by atoms with van der Waals surface area (Å²) in [6.07, 6.45) is 1.02. The summed E-state index contributed by atoms with van der Waals surface area (Å²) in [5.41, 5.74) is 0. The third-order valence-electron chi connectivity index (χ3n) is 2.31. The minimum absolute atomic E-state index is 0.532. The number of rotatable bonds is 8. The highest BCUT2D eigenvalue weighted by atomic mass is 33.8. The van der Waals surface area contributed by atoms with Gasteiger partial charge in [0.1, 0.15) is 0 Å². The van der Waals surface area contributed by atoms with Crippen molar-refractivity contribution in [3.8, 4) is 0 Å². The predicted octanol–water partition coefficient (Wildman–Crippen LogP) is 4.62. The highest BCUT2D eigenvalue weighted by Crippen LogP contribution is 3.05. The zero-order chi connectivity index (χ0) is 12.9. The molecule has 0 aromatic heterocycles. The summed E-state index contributed by atoms with van der Waals surface area (Å²) in [5.74, 6) is 0.874. The van der Waals surface area contributed by atoms with Crippen LogP contribution in [-0.2, 0) is 12.5 Å². The minimum Gasteiger partial charge on any atom is -0.309 e. The van der Waals surface area contributed by atoms with E-state index in [-0.39, 0.29) is 0 Å². The van der Waals surface area contributed by atoms with Crippen LogP contribution in [0.15, 0.2) is 0 Å². The summed E-state index contributed by atoms with van der Waals surface area (Å²) in [5, 5.41) is 0. The first kappa shape index (κ1) is 16.6. The van der Waals surface area contributed by atoms with Crippen LogP contribution >= 0.6 is 37.5 Å². The van der Waals surface area contributed by atoms with Crippen LogP contribution in [0.2, 0.25) is 0 Å². The van der Waals surface area contributed by atoms with Crippen LogP contribution in [0.4, 0.5) is 0 Å². The molecular weight excluding hydrogens is 312 g/mol. The van der Waals surface area contributed by atoms with Crippen LogP contribution in [0.5, 0.6) is 0 Å². The SMILES string of the molecule is CCCS1(OCC)(OCC)(OCC)[Si]SSS1. The lowest BCUT2D eigenvalue weighted by Crippen LogP contribution is -2.44. The predicted molar refractivity (Wildman–Crippen MR) is 86.2 cm³/mol. The van der Waals surface area contributed by atoms with E-state index in [4.69, 9.17) is 12.5 Å². The summed E-state index contributed by atoms with van der Waals surface area (Å²) in [6.45, 7) is 10.2. The van der Waals surface area contributed by atoms with Gasteiger partial charge in [0.25, 0.3) is 7.82 Å². The fourth-order valence-corrected chi connectivity index (χ4v) is 39.9. The van der Waals surface area contributed by atoms with Gasteiger partial charge in [-0.25, -0.2) is 0 Å². The van der Waals surface area contributed by atoms with E-state index in [0.717, 1.165) is 12.2 Å². The molecule has 17 heavy (non-hydrogen) atoms. The Kier molecular flexibility index (Phi) is 5.71. The van der Waals surface area contributed by atoms with Gasteiger partial charge in [-0.1, -0.05) is 17.2 Å². The zero-order valence-corrected chi connectivity index (χ0v) is 15.2. The van der Waals surface area contributed by atoms with Gasteiger partial charge in [-0.3, -0.25) is 0 Å². The Bertz CT molecular complexity index is 225. The van der Waals surface area contributed by atoms with Crippen LogP contribution < -0.4 is 0 Å². The van der Waals surface area contributed by atoms with Gasteiger partial charge in [-0.05, 0) is 44.6 Å². The summed E-state index contributed by atoms with van der Waals surface area (Å²) in [6, 6.07) is 0. The lowest BCUT2D eigenvalue weighted by molar-refractivity contribution is 0.170. The average Bonchev–Trinajstić information content (AvgIpc) is 2.62. The summed E-state index contributed by atoms with van der Waals surface area (Å²) >= 11 is 0. The van der Waals surface area contributed by atoms with Crippen molar-refractivity contribution in [2.24, 2.45) is 0 Å². The molecule has 0 aliphatic carbocycles. The van der Waals surface area contributed by atoms with E-state index < -0.39 is 7.62 Å². The molecule has 0 atom stereocenters. The molecule has 1 aliphatic rings. The maximum Gasteiger partial charge on any atom is 0.278 e. The van der Waals surface area contributed by atoms with Crippen molar-refractivity contribution in [3.63, 3.8) is 0 Å². The van der Waals surface area contributed by atoms with Gasteiger partial charge in [0, 0.05) is 15.6 Å². The smallest absolute Gasteiger partial charge is 0.278 e. The van der Waals surface area contributed by atoms with Gasteiger partial charge < -0.3 is 12.5 Å². The molecule has 104 valence electrons. The standard InChI is InChI=1S/C9H22O3S4Si/c1-5-9-16(10-6-2,11-7-3,12-8-4)14-13-15-17-16/h5-9H2,1-4H3. The second kappa shape index (κ2) is 5.86. The largest absolute Gasteiger partial charge is 0.309 e. The number of hydrogen-bond donors (Lipinski definition) is 0. The van der Waals surface area contributed by atoms with Gasteiger partial charge in [0.2, 0.25) is 0 Å². The molecule has 0 aromatic carbocycles. The minimum atomic E-state index is -3.29. The molecule has 0 unspecified atom stereocenters. The van der Waals surface area contributed by atoms with Crippen molar-refractivity contribution in [3.05, 3.63) is 0 Å². The highest BCUT2D eigenvalue weighted by molar-refractivity contribution is 9.52. The quantitative estimate of drug-likeness (QED) is 0.475. The maximum atomic E-state index is 6.29. The van der Waals surface area contributed by atoms with Crippen molar-refractivity contribution in [2.45, 2.75) is 34.1 Å². The third kappa shape index (κ3) is 2.84. The molecule has 8 heteroatoms. The Morgan fingerprint density at radius 3 is 1.76 bits per heavy atom. The van der Waals surface area contributed by atoms with Crippen molar-refractivity contribution in [2.75, 3.05) is 25.6 Å². The molecule has 2 radical (unpaired) electrons. The van der Waals surface area contributed by atoms with Crippen LogP contribution in [-0.4, -0.2) is 33.4 Å². The van der Waals surface area contributed by atoms with E-state index in [2.05, 4.69) is 6.92 Å². The summed E-state index contributed by atoms with van der Waals surface area (Å²) < 4.78 is 18.9. The molecule has 0 saturated carbocycles. The molecule has 0 aromatic rings. The van der Waals surface area contributed by atoms with E-state index in [1.807, 2.05) is 31.0 Å². The fourth-order valence-electron chi connectivity index (χ4n) is 1.97. The summed E-state index contributed by atoms with van der Waals surface area (Å²) in [7, 11) is 2.55. The van der Waals surface area contributed by atoms with Crippen LogP contribution in [0.25, 0.3) is 0 Å². The van der Waals surface area contributed by atoms with Crippen molar-refractivity contribution < 1.29 is 12.5 Å². The second-order valence-electron chi connectivity index (χ2n) is 3.58. The summed E-state index contributed by atoms with van der Waals surface area (Å²) in [4.78, 5) is 0. The average molecular weight is 335 g/mol. The molecule has 1 saturated heterocycles. The Hall–Kier alpha value is 1.50. The molecule has 0 spiro atoms. The first-order valence-electron chi connectivity index (χ1n) is 5.89. The van der Waals surface area contributed by atoms with Crippen molar-refractivity contribution in [1.82, 2.24) is 0 Å². The molecule has 0 N–H and O–H groups in total. The Morgan fingerprint density at radius 1 is 0.941 bits per heavy atom. The van der Waals surface area contributed by atoms with Crippen molar-refractivity contribution >= 4 is 45.3 Å². The number of hydrogen-bond acceptors (Lipinski definition) is 6. The first-order chi connectivity index (χ1) is 8.06. The lowest BCUT2D eigenvalue weighted by atomic mass is 10.6. The Morgan fingerprint density at radius 2 is 1.47 bits per heavy atom. The van der Waals surface area contributed by atoms with Crippen LogP contribution in [0.3, 0.4) is 0 Å². The van der Waals surface area contributed by atoms with Crippen molar-refractivity contribution in [1.29, 1.82) is 0 Å². The topological polar surface area (TPSA) is 27.7 Å². The van der Waals surface area contributed by atoms with E-state index >= 15 is 0 Å². The third-order valence-corrected chi connectivity index (χ3v) is 29.8. The molecule has 0 bridgehead atoms. The molecule has 1 fully saturated rings. The molecule has 1 aliphatic heterocycles.